The number of fused-ring (bicyclic) bond motifs is 1. The van der Waals surface area contributed by atoms with Crippen molar-refractivity contribution in [1.29, 1.82) is 0 Å². The molecule has 0 fully saturated rings. The Hall–Kier alpha value is -0.890. The van der Waals surface area contributed by atoms with Gasteiger partial charge in [-0.05, 0) is 18.6 Å². The van der Waals surface area contributed by atoms with Crippen molar-refractivity contribution in [3.63, 3.8) is 0 Å². The van der Waals surface area contributed by atoms with Gasteiger partial charge in [0.1, 0.15) is 12.0 Å². The van der Waals surface area contributed by atoms with Gasteiger partial charge in [-0.1, -0.05) is 17.7 Å². The first kappa shape index (κ1) is 6.80. The zero-order valence-corrected chi connectivity index (χ0v) is 6.89. The molecule has 0 N–H and O–H groups in total. The maximum Gasteiger partial charge on any atom is 0.131 e. The van der Waals surface area contributed by atoms with Gasteiger partial charge in [0.05, 0.1) is 10.4 Å². The lowest BCUT2D eigenvalue weighted by atomic mass is 10.2. The predicted octanol–water partition coefficient (Wildman–Crippen LogP) is 0.859. The van der Waals surface area contributed by atoms with Crippen molar-refractivity contribution in [1.82, 2.24) is 0 Å². The Balaban J connectivity index is 2.95. The number of nitrogens with zero attached hydrogens (tertiary/aromatic N) is 2. The second kappa shape index (κ2) is 2.31. The molecule has 1 aromatic carbocycles. The summed E-state index contributed by atoms with van der Waals surface area (Å²) in [6, 6.07) is 3.92. The SMILES string of the molecule is Cc1ccc2c(c1Cl)=NCN=2. The number of hydrogen-bond acceptors (Lipinski definition) is 2. The minimum absolute atomic E-state index is 0.526. The molecule has 0 amide bonds. The number of halogens is 1. The molecule has 1 aliphatic heterocycles. The Morgan fingerprint density at radius 1 is 1.36 bits per heavy atom. The van der Waals surface area contributed by atoms with Crippen LogP contribution in [0.15, 0.2) is 22.1 Å². The second-order valence-corrected chi connectivity index (χ2v) is 2.90. The molecular formula is C8H7ClN2. The number of hydrogen-bond donors (Lipinski definition) is 0. The van der Waals surface area contributed by atoms with Gasteiger partial charge in [0.25, 0.3) is 0 Å². The van der Waals surface area contributed by atoms with Gasteiger partial charge >= 0.3 is 0 Å². The van der Waals surface area contributed by atoms with Crippen LogP contribution in [0.1, 0.15) is 5.56 Å². The van der Waals surface area contributed by atoms with E-state index in [1.165, 1.54) is 0 Å². The molecule has 2 nitrogen and oxygen atoms in total. The van der Waals surface area contributed by atoms with Crippen molar-refractivity contribution in [2.24, 2.45) is 9.98 Å². The summed E-state index contributed by atoms with van der Waals surface area (Å²) in [5, 5.41) is 2.51. The highest BCUT2D eigenvalue weighted by molar-refractivity contribution is 6.31. The van der Waals surface area contributed by atoms with Gasteiger partial charge in [-0.3, -0.25) is 9.98 Å². The van der Waals surface area contributed by atoms with Crippen LogP contribution in [-0.4, -0.2) is 6.67 Å². The first-order chi connectivity index (χ1) is 5.29. The lowest BCUT2D eigenvalue weighted by molar-refractivity contribution is 1.06. The Bertz CT molecular complexity index is 409. The highest BCUT2D eigenvalue weighted by Gasteiger charge is 2.02. The standard InChI is InChI=1S/C8H7ClN2/c1-5-2-3-6-8(7(5)9)11-4-10-6/h2-3H,4H2,1H3. The molecule has 11 heavy (non-hydrogen) atoms. The van der Waals surface area contributed by atoms with Gasteiger partial charge in [-0.2, -0.15) is 0 Å². The van der Waals surface area contributed by atoms with Gasteiger partial charge in [0.15, 0.2) is 0 Å². The lowest BCUT2D eigenvalue weighted by Crippen LogP contribution is -2.23. The minimum atomic E-state index is 0.526. The monoisotopic (exact) mass is 166 g/mol. The van der Waals surface area contributed by atoms with Crippen LogP contribution in [-0.2, 0) is 0 Å². The fourth-order valence-electron chi connectivity index (χ4n) is 1.12. The van der Waals surface area contributed by atoms with Crippen LogP contribution in [0.25, 0.3) is 0 Å². The van der Waals surface area contributed by atoms with Crippen molar-refractivity contribution < 1.29 is 0 Å². The maximum absolute atomic E-state index is 5.98. The van der Waals surface area contributed by atoms with Crippen molar-refractivity contribution in [3.05, 3.63) is 33.4 Å². The van der Waals surface area contributed by atoms with E-state index < -0.39 is 0 Å². The molecular weight excluding hydrogens is 160 g/mol. The fourth-order valence-corrected chi connectivity index (χ4v) is 1.34. The predicted molar refractivity (Wildman–Crippen MR) is 43.4 cm³/mol. The first-order valence-electron chi connectivity index (χ1n) is 3.43. The zero-order chi connectivity index (χ0) is 7.84. The topological polar surface area (TPSA) is 24.7 Å². The molecule has 1 aliphatic rings. The van der Waals surface area contributed by atoms with Crippen LogP contribution in [0.3, 0.4) is 0 Å². The molecule has 3 heteroatoms. The van der Waals surface area contributed by atoms with E-state index in [1.54, 1.807) is 0 Å². The Labute approximate surface area is 69.2 Å². The van der Waals surface area contributed by atoms with Crippen LogP contribution in [0.5, 0.6) is 0 Å². The van der Waals surface area contributed by atoms with E-state index in [1.807, 2.05) is 19.1 Å². The summed E-state index contributed by atoms with van der Waals surface area (Å²) in [5.74, 6) is 0. The van der Waals surface area contributed by atoms with Crippen molar-refractivity contribution in [3.8, 4) is 0 Å². The molecule has 0 unspecified atom stereocenters. The Morgan fingerprint density at radius 3 is 3.00 bits per heavy atom. The molecule has 0 aromatic heterocycles. The van der Waals surface area contributed by atoms with Gasteiger partial charge in [-0.15, -0.1) is 0 Å². The van der Waals surface area contributed by atoms with E-state index in [9.17, 15) is 0 Å². The van der Waals surface area contributed by atoms with Gasteiger partial charge < -0.3 is 0 Å². The molecule has 0 spiro atoms. The molecule has 0 atom stereocenters. The summed E-state index contributed by atoms with van der Waals surface area (Å²) < 4.78 is 0. The minimum Gasteiger partial charge on any atom is -0.260 e. The van der Waals surface area contributed by atoms with E-state index in [-0.39, 0.29) is 0 Å². The number of benzene rings is 1. The third kappa shape index (κ3) is 0.942. The number of aryl methyl sites for hydroxylation is 1. The smallest absolute Gasteiger partial charge is 0.131 e. The van der Waals surface area contributed by atoms with E-state index >= 15 is 0 Å². The van der Waals surface area contributed by atoms with Crippen molar-refractivity contribution >= 4 is 11.6 Å². The van der Waals surface area contributed by atoms with Gasteiger partial charge in [0, 0.05) is 0 Å². The summed E-state index contributed by atoms with van der Waals surface area (Å²) in [6.07, 6.45) is 0. The second-order valence-electron chi connectivity index (χ2n) is 2.52. The van der Waals surface area contributed by atoms with Crippen molar-refractivity contribution in [2.45, 2.75) is 6.92 Å². The van der Waals surface area contributed by atoms with Crippen LogP contribution in [0.4, 0.5) is 0 Å². The summed E-state index contributed by atoms with van der Waals surface area (Å²) >= 11 is 5.98. The van der Waals surface area contributed by atoms with Crippen LogP contribution in [0.2, 0.25) is 5.02 Å². The third-order valence-corrected chi connectivity index (χ3v) is 2.23. The maximum atomic E-state index is 5.98. The summed E-state index contributed by atoms with van der Waals surface area (Å²) in [4.78, 5) is 8.31. The molecule has 0 saturated carbocycles. The van der Waals surface area contributed by atoms with E-state index in [2.05, 4.69) is 9.98 Å². The Morgan fingerprint density at radius 2 is 2.18 bits per heavy atom. The van der Waals surface area contributed by atoms with Gasteiger partial charge in [-0.25, -0.2) is 0 Å². The van der Waals surface area contributed by atoms with Crippen LogP contribution in [0, 0.1) is 6.92 Å². The molecule has 0 radical (unpaired) electrons. The average molecular weight is 167 g/mol. The van der Waals surface area contributed by atoms with Crippen LogP contribution < -0.4 is 10.7 Å². The van der Waals surface area contributed by atoms with Gasteiger partial charge in [0.2, 0.25) is 0 Å². The lowest BCUT2D eigenvalue weighted by Gasteiger charge is -1.93. The quantitative estimate of drug-likeness (QED) is 0.546. The largest absolute Gasteiger partial charge is 0.260 e. The van der Waals surface area contributed by atoms with E-state index in [4.69, 9.17) is 11.6 Å². The summed E-state index contributed by atoms with van der Waals surface area (Å²) in [7, 11) is 0. The third-order valence-electron chi connectivity index (χ3n) is 1.76. The highest BCUT2D eigenvalue weighted by atomic mass is 35.5. The van der Waals surface area contributed by atoms with Crippen LogP contribution >= 0.6 is 11.6 Å². The van der Waals surface area contributed by atoms with E-state index in [0.717, 1.165) is 21.3 Å². The average Bonchev–Trinajstić information content (AvgIpc) is 2.45. The molecule has 0 aliphatic carbocycles. The molecule has 0 saturated heterocycles. The molecule has 1 heterocycles. The molecule has 56 valence electrons. The molecule has 1 aromatic rings. The van der Waals surface area contributed by atoms with Crippen molar-refractivity contribution in [2.75, 3.05) is 6.67 Å². The highest BCUT2D eigenvalue weighted by Crippen LogP contribution is 2.06. The zero-order valence-electron chi connectivity index (χ0n) is 6.13. The Kier molecular flexibility index (Phi) is 1.43. The molecule has 2 rings (SSSR count). The summed E-state index contributed by atoms with van der Waals surface area (Å²) in [6.45, 7) is 2.50. The fraction of sp³-hybridized carbons (Fsp3) is 0.250. The number of rotatable bonds is 0. The summed E-state index contributed by atoms with van der Waals surface area (Å²) in [5.41, 5.74) is 1.06. The van der Waals surface area contributed by atoms with E-state index in [0.29, 0.717) is 6.67 Å². The molecule has 0 bridgehead atoms. The first-order valence-corrected chi connectivity index (χ1v) is 3.81. The normalized spacial score (nSPS) is 13.6.